The van der Waals surface area contributed by atoms with E-state index in [1.165, 1.54) is 281 Å². The number of aryl methyl sites for hydroxylation is 3. The Balaban J connectivity index is 1.93. The lowest BCUT2D eigenvalue weighted by Crippen LogP contribution is -2.04. The molecule has 1 aromatic rings. The molecule has 1 rings (SSSR count). The summed E-state index contributed by atoms with van der Waals surface area (Å²) in [5, 5.41) is 0. The number of hydrogen-bond donors (Lipinski definition) is 0. The Morgan fingerprint density at radius 1 is 0.236 bits per heavy atom. The highest BCUT2D eigenvalue weighted by Crippen LogP contribution is 2.18. The molecule has 1 aromatic heterocycles. The minimum absolute atomic E-state index is 1.03. The molecule has 0 saturated carbocycles. The number of unbranched alkanes of at least 4 members (excludes halogenated alkanes) is 40. The van der Waals surface area contributed by atoms with Gasteiger partial charge in [-0.05, 0) is 38.2 Å². The Bertz CT molecular complexity index is 800. The standard InChI is InChI=1S/C53H102N2/c1-4-7-9-11-13-15-17-19-21-23-25-27-29-31-33-35-37-39-41-43-45-48-51-50-52(55-53(54-51)47-6-3)49-46-44-42-40-38-36-34-32-30-28-26-24-22-20-18-16-14-12-10-8-5-2/h50H,4-49H2,1-3H3. The molecule has 2 nitrogen and oxygen atoms in total. The van der Waals surface area contributed by atoms with Crippen LogP contribution in [0.3, 0.4) is 0 Å². The summed E-state index contributed by atoms with van der Waals surface area (Å²) in [7, 11) is 0. The maximum atomic E-state index is 4.97. The van der Waals surface area contributed by atoms with Crippen LogP contribution in [0.15, 0.2) is 6.07 Å². The van der Waals surface area contributed by atoms with Gasteiger partial charge in [0.15, 0.2) is 0 Å². The highest BCUT2D eigenvalue weighted by atomic mass is 14.9. The van der Waals surface area contributed by atoms with Crippen LogP contribution in [-0.4, -0.2) is 9.97 Å². The van der Waals surface area contributed by atoms with Crippen molar-refractivity contribution in [2.75, 3.05) is 0 Å². The summed E-state index contributed by atoms with van der Waals surface area (Å²) in [6.45, 7) is 6.88. The zero-order valence-corrected chi connectivity index (χ0v) is 38.5. The first-order chi connectivity index (χ1) is 27.3. The molecule has 0 N–H and O–H groups in total. The summed E-state index contributed by atoms with van der Waals surface area (Å²) in [5.41, 5.74) is 2.63. The van der Waals surface area contributed by atoms with E-state index in [1.807, 2.05) is 0 Å². The van der Waals surface area contributed by atoms with Crippen LogP contribution in [0.25, 0.3) is 0 Å². The molecule has 0 aliphatic rings. The van der Waals surface area contributed by atoms with Crippen LogP contribution in [0.5, 0.6) is 0 Å². The van der Waals surface area contributed by atoms with Crippen LogP contribution >= 0.6 is 0 Å². The SMILES string of the molecule is CCCCCCCCCCCCCCCCCCCCCCCc1cc(CCCCCCCCCCCCCCCCCCCCCCC)nc(CCC)n1. The Labute approximate surface area is 348 Å². The Hall–Kier alpha value is -0.920. The number of aromatic nitrogens is 2. The molecule has 0 amide bonds. The summed E-state index contributed by atoms with van der Waals surface area (Å²) in [6, 6.07) is 2.35. The van der Waals surface area contributed by atoms with E-state index in [0.29, 0.717) is 0 Å². The van der Waals surface area contributed by atoms with E-state index in [2.05, 4.69) is 26.8 Å². The molecule has 0 bridgehead atoms. The van der Waals surface area contributed by atoms with Crippen molar-refractivity contribution in [3.63, 3.8) is 0 Å². The predicted octanol–water partition coefficient (Wildman–Crippen LogP) is 18.9. The van der Waals surface area contributed by atoms with Crippen LogP contribution < -0.4 is 0 Å². The average Bonchev–Trinajstić information content (AvgIpc) is 3.19. The fraction of sp³-hybridized carbons (Fsp3) is 0.925. The van der Waals surface area contributed by atoms with Crippen molar-refractivity contribution in [2.45, 2.75) is 316 Å². The van der Waals surface area contributed by atoms with Crippen LogP contribution in [0.2, 0.25) is 0 Å². The summed E-state index contributed by atoms with van der Waals surface area (Å²) in [4.78, 5) is 9.94. The summed E-state index contributed by atoms with van der Waals surface area (Å²) >= 11 is 0. The zero-order valence-electron chi connectivity index (χ0n) is 38.5. The average molecular weight is 767 g/mol. The highest BCUT2D eigenvalue weighted by molar-refractivity contribution is 5.12. The van der Waals surface area contributed by atoms with E-state index in [4.69, 9.17) is 9.97 Å². The maximum Gasteiger partial charge on any atom is 0.128 e. The van der Waals surface area contributed by atoms with Gasteiger partial charge in [-0.3, -0.25) is 0 Å². The smallest absolute Gasteiger partial charge is 0.128 e. The van der Waals surface area contributed by atoms with Gasteiger partial charge in [-0.15, -0.1) is 0 Å². The first kappa shape index (κ1) is 52.1. The molecule has 0 aliphatic heterocycles. The predicted molar refractivity (Wildman–Crippen MR) is 249 cm³/mol. The van der Waals surface area contributed by atoms with Crippen molar-refractivity contribution in [3.8, 4) is 0 Å². The second kappa shape index (κ2) is 44.2. The molecule has 0 saturated heterocycles. The third kappa shape index (κ3) is 38.4. The van der Waals surface area contributed by atoms with Crippen LogP contribution in [-0.2, 0) is 19.3 Å². The van der Waals surface area contributed by atoms with Gasteiger partial charge < -0.3 is 0 Å². The van der Waals surface area contributed by atoms with E-state index >= 15 is 0 Å². The van der Waals surface area contributed by atoms with E-state index in [-0.39, 0.29) is 0 Å². The van der Waals surface area contributed by atoms with Gasteiger partial charge in [0.1, 0.15) is 5.82 Å². The quantitative estimate of drug-likeness (QED) is 0.0618. The van der Waals surface area contributed by atoms with Gasteiger partial charge in [0, 0.05) is 17.8 Å². The topological polar surface area (TPSA) is 25.8 Å². The molecule has 0 radical (unpaired) electrons. The van der Waals surface area contributed by atoms with E-state index in [9.17, 15) is 0 Å². The minimum Gasteiger partial charge on any atom is -0.238 e. The lowest BCUT2D eigenvalue weighted by molar-refractivity contribution is 0.520. The van der Waals surface area contributed by atoms with Crippen LogP contribution in [0.1, 0.15) is 314 Å². The molecule has 2 heteroatoms. The van der Waals surface area contributed by atoms with E-state index < -0.39 is 0 Å². The van der Waals surface area contributed by atoms with Crippen LogP contribution in [0, 0.1) is 0 Å². The van der Waals surface area contributed by atoms with E-state index in [0.717, 1.165) is 31.5 Å². The molecule has 0 aliphatic carbocycles. The number of nitrogens with zero attached hydrogens (tertiary/aromatic N) is 2. The molecule has 1 heterocycles. The first-order valence-corrected chi connectivity index (χ1v) is 26.2. The van der Waals surface area contributed by atoms with Gasteiger partial charge >= 0.3 is 0 Å². The molecule has 0 fully saturated rings. The fourth-order valence-electron chi connectivity index (χ4n) is 8.68. The third-order valence-corrected chi connectivity index (χ3v) is 12.4. The zero-order chi connectivity index (χ0) is 39.4. The van der Waals surface area contributed by atoms with Gasteiger partial charge in [0.25, 0.3) is 0 Å². The second-order valence-corrected chi connectivity index (χ2v) is 18.2. The van der Waals surface area contributed by atoms with Crippen molar-refractivity contribution >= 4 is 0 Å². The lowest BCUT2D eigenvalue weighted by atomic mass is 10.0. The fourth-order valence-corrected chi connectivity index (χ4v) is 8.68. The Morgan fingerprint density at radius 3 is 0.636 bits per heavy atom. The van der Waals surface area contributed by atoms with Crippen molar-refractivity contribution in [3.05, 3.63) is 23.3 Å². The second-order valence-electron chi connectivity index (χ2n) is 18.2. The molecule has 0 unspecified atom stereocenters. The summed E-state index contributed by atoms with van der Waals surface area (Å²) < 4.78 is 0. The molecule has 55 heavy (non-hydrogen) atoms. The normalized spacial score (nSPS) is 11.6. The maximum absolute atomic E-state index is 4.97. The molecule has 0 aromatic carbocycles. The highest BCUT2D eigenvalue weighted by Gasteiger charge is 2.06. The van der Waals surface area contributed by atoms with E-state index in [1.54, 1.807) is 0 Å². The Morgan fingerprint density at radius 2 is 0.436 bits per heavy atom. The number of hydrogen-bond acceptors (Lipinski definition) is 2. The Kier molecular flexibility index (Phi) is 41.9. The first-order valence-electron chi connectivity index (χ1n) is 26.2. The van der Waals surface area contributed by atoms with Crippen molar-refractivity contribution in [1.82, 2.24) is 9.97 Å². The van der Waals surface area contributed by atoms with Crippen molar-refractivity contribution < 1.29 is 0 Å². The molecular formula is C53H102N2. The molecule has 0 atom stereocenters. The van der Waals surface area contributed by atoms with Gasteiger partial charge in [0.2, 0.25) is 0 Å². The van der Waals surface area contributed by atoms with Crippen molar-refractivity contribution in [2.24, 2.45) is 0 Å². The lowest BCUT2D eigenvalue weighted by Gasteiger charge is -2.09. The number of rotatable bonds is 46. The summed E-state index contributed by atoms with van der Waals surface area (Å²) in [6.07, 6.45) is 65.1. The molecule has 324 valence electrons. The van der Waals surface area contributed by atoms with Crippen LogP contribution in [0.4, 0.5) is 0 Å². The van der Waals surface area contributed by atoms with Gasteiger partial charge in [0.05, 0.1) is 0 Å². The van der Waals surface area contributed by atoms with Crippen molar-refractivity contribution in [1.29, 1.82) is 0 Å². The monoisotopic (exact) mass is 767 g/mol. The van der Waals surface area contributed by atoms with Gasteiger partial charge in [-0.1, -0.05) is 278 Å². The largest absolute Gasteiger partial charge is 0.238 e. The van der Waals surface area contributed by atoms with Gasteiger partial charge in [-0.2, -0.15) is 0 Å². The molecule has 0 spiro atoms. The molecular weight excluding hydrogens is 665 g/mol. The van der Waals surface area contributed by atoms with Gasteiger partial charge in [-0.25, -0.2) is 9.97 Å². The minimum atomic E-state index is 1.03. The summed E-state index contributed by atoms with van der Waals surface area (Å²) in [5.74, 6) is 1.10. The third-order valence-electron chi connectivity index (χ3n) is 12.4.